The molecule has 0 radical (unpaired) electrons. The summed E-state index contributed by atoms with van der Waals surface area (Å²) in [6.45, 7) is 4.18. The van der Waals surface area contributed by atoms with E-state index in [0.717, 1.165) is 11.8 Å². The molecule has 4 aromatic rings. The van der Waals surface area contributed by atoms with Gasteiger partial charge in [-0.15, -0.1) is 0 Å². The Hall–Kier alpha value is -3.33. The Bertz CT molecular complexity index is 1200. The average Bonchev–Trinajstić information content (AvgIpc) is 2.77. The lowest BCUT2D eigenvalue weighted by Crippen LogP contribution is -2.21. The molecule has 4 rings (SSSR count). The zero-order valence-electron chi connectivity index (χ0n) is 17.3. The topological polar surface area (TPSA) is 46.5 Å². The number of phenols is 1. The number of hydrogen-bond donors (Lipinski definition) is 1. The van der Waals surface area contributed by atoms with Crippen molar-refractivity contribution >= 4 is 27.5 Å². The fourth-order valence-electron chi connectivity index (χ4n) is 4.05. The van der Waals surface area contributed by atoms with E-state index in [0.29, 0.717) is 17.6 Å². The minimum atomic E-state index is -0.221. The van der Waals surface area contributed by atoms with Crippen molar-refractivity contribution < 1.29 is 14.6 Å². The molecule has 4 aromatic carbocycles. The molecule has 0 spiro atoms. The highest BCUT2D eigenvalue weighted by molar-refractivity contribution is 5.94. The number of carbonyl (C=O) groups excluding carboxylic acids is 1. The molecule has 2 atom stereocenters. The molecule has 0 aliphatic rings. The second-order valence-electron chi connectivity index (χ2n) is 7.90. The van der Waals surface area contributed by atoms with Gasteiger partial charge in [0.15, 0.2) is 0 Å². The maximum atomic E-state index is 13.0. The molecule has 0 heterocycles. The minimum absolute atomic E-state index is 0.183. The molecule has 0 aliphatic heterocycles. The molecule has 152 valence electrons. The Kier molecular flexibility index (Phi) is 5.71. The second-order valence-corrected chi connectivity index (χ2v) is 7.90. The molecule has 3 nitrogen and oxygen atoms in total. The van der Waals surface area contributed by atoms with Crippen LogP contribution in [-0.4, -0.2) is 11.1 Å². The summed E-state index contributed by atoms with van der Waals surface area (Å²) in [7, 11) is 0. The van der Waals surface area contributed by atoms with E-state index in [1.54, 1.807) is 24.3 Å². The van der Waals surface area contributed by atoms with Gasteiger partial charge in [-0.05, 0) is 47.2 Å². The van der Waals surface area contributed by atoms with Gasteiger partial charge in [-0.3, -0.25) is 4.79 Å². The Morgan fingerprint density at radius 1 is 0.900 bits per heavy atom. The van der Waals surface area contributed by atoms with Crippen LogP contribution in [0.15, 0.2) is 78.9 Å². The van der Waals surface area contributed by atoms with E-state index in [2.05, 4.69) is 37.3 Å². The first-order valence-electron chi connectivity index (χ1n) is 10.5. The maximum Gasteiger partial charge on any atom is 0.314 e. The van der Waals surface area contributed by atoms with E-state index in [1.165, 1.54) is 16.3 Å². The molecule has 30 heavy (non-hydrogen) atoms. The fourth-order valence-corrected chi connectivity index (χ4v) is 4.05. The Balaban J connectivity index is 1.52. The van der Waals surface area contributed by atoms with Crippen molar-refractivity contribution in [1.82, 2.24) is 0 Å². The van der Waals surface area contributed by atoms with Crippen molar-refractivity contribution in [2.75, 3.05) is 0 Å². The predicted octanol–water partition coefficient (Wildman–Crippen LogP) is 6.82. The largest absolute Gasteiger partial charge is 0.507 e. The summed E-state index contributed by atoms with van der Waals surface area (Å²) < 4.78 is 5.79. The summed E-state index contributed by atoms with van der Waals surface area (Å²) >= 11 is 0. The number of carbonyl (C=O) groups is 1. The van der Waals surface area contributed by atoms with Gasteiger partial charge in [0, 0.05) is 10.8 Å². The van der Waals surface area contributed by atoms with Gasteiger partial charge in [-0.25, -0.2) is 0 Å². The summed E-state index contributed by atoms with van der Waals surface area (Å²) in [5.41, 5.74) is 1.23. The third kappa shape index (κ3) is 4.02. The van der Waals surface area contributed by atoms with Gasteiger partial charge in [-0.1, -0.05) is 80.6 Å². The third-order valence-corrected chi connectivity index (χ3v) is 5.88. The van der Waals surface area contributed by atoms with E-state index < -0.39 is 0 Å². The smallest absolute Gasteiger partial charge is 0.314 e. The molecule has 0 aliphatic carbocycles. The summed E-state index contributed by atoms with van der Waals surface area (Å²) in [6.07, 6.45) is 1.44. The third-order valence-electron chi connectivity index (χ3n) is 5.88. The fraction of sp³-hybridized carbons (Fsp3) is 0.222. The summed E-state index contributed by atoms with van der Waals surface area (Å²) in [5.74, 6) is 0.497. The molecule has 0 saturated heterocycles. The van der Waals surface area contributed by atoms with Crippen LogP contribution in [0.25, 0.3) is 21.5 Å². The first-order valence-corrected chi connectivity index (χ1v) is 10.5. The molecule has 3 heteroatoms. The molecule has 2 unspecified atom stereocenters. The van der Waals surface area contributed by atoms with Gasteiger partial charge >= 0.3 is 5.97 Å². The van der Waals surface area contributed by atoms with Crippen LogP contribution < -0.4 is 4.74 Å². The van der Waals surface area contributed by atoms with Gasteiger partial charge in [0.1, 0.15) is 11.5 Å². The highest BCUT2D eigenvalue weighted by Gasteiger charge is 2.23. The van der Waals surface area contributed by atoms with Crippen molar-refractivity contribution in [2.45, 2.75) is 32.6 Å². The highest BCUT2D eigenvalue weighted by atomic mass is 16.5. The quantitative estimate of drug-likeness (QED) is 0.286. The lowest BCUT2D eigenvalue weighted by molar-refractivity contribution is -0.139. The van der Waals surface area contributed by atoms with Gasteiger partial charge in [-0.2, -0.15) is 0 Å². The zero-order chi connectivity index (χ0) is 21.1. The molecule has 0 aromatic heterocycles. The van der Waals surface area contributed by atoms with E-state index in [9.17, 15) is 9.90 Å². The number of aromatic hydroxyl groups is 1. The molecule has 0 amide bonds. The lowest BCUT2D eigenvalue weighted by Gasteiger charge is -2.20. The van der Waals surface area contributed by atoms with E-state index >= 15 is 0 Å². The Morgan fingerprint density at radius 2 is 1.63 bits per heavy atom. The Labute approximate surface area is 176 Å². The zero-order valence-corrected chi connectivity index (χ0v) is 17.3. The van der Waals surface area contributed by atoms with Crippen LogP contribution in [0.5, 0.6) is 11.5 Å². The van der Waals surface area contributed by atoms with Crippen LogP contribution in [0.2, 0.25) is 0 Å². The molecule has 0 saturated carbocycles. The number of rotatable bonds is 6. The van der Waals surface area contributed by atoms with Crippen LogP contribution in [0.3, 0.4) is 0 Å². The molecule has 0 bridgehead atoms. The highest BCUT2D eigenvalue weighted by Crippen LogP contribution is 2.33. The van der Waals surface area contributed by atoms with Crippen LogP contribution in [-0.2, 0) is 4.79 Å². The van der Waals surface area contributed by atoms with Crippen molar-refractivity contribution in [1.29, 1.82) is 0 Å². The van der Waals surface area contributed by atoms with Crippen molar-refractivity contribution in [3.05, 3.63) is 84.4 Å². The van der Waals surface area contributed by atoms with Crippen molar-refractivity contribution in [3.63, 3.8) is 0 Å². The number of ether oxygens (including phenoxy) is 1. The monoisotopic (exact) mass is 398 g/mol. The molecular formula is C27H26O3. The Morgan fingerprint density at radius 3 is 2.43 bits per heavy atom. The van der Waals surface area contributed by atoms with Crippen LogP contribution in [0.1, 0.15) is 38.2 Å². The lowest BCUT2D eigenvalue weighted by atomic mass is 9.88. The minimum Gasteiger partial charge on any atom is -0.507 e. The van der Waals surface area contributed by atoms with E-state index in [4.69, 9.17) is 4.74 Å². The number of esters is 1. The summed E-state index contributed by atoms with van der Waals surface area (Å²) in [6, 6.07) is 25.5. The van der Waals surface area contributed by atoms with Gasteiger partial charge in [0.25, 0.3) is 0 Å². The normalized spacial score (nSPS) is 13.3. The van der Waals surface area contributed by atoms with Gasteiger partial charge < -0.3 is 9.84 Å². The average molecular weight is 399 g/mol. The summed E-state index contributed by atoms with van der Waals surface area (Å²) in [5, 5.41) is 13.9. The van der Waals surface area contributed by atoms with E-state index in [1.807, 2.05) is 31.2 Å². The first kappa shape index (κ1) is 20.0. The predicted molar refractivity (Wildman–Crippen MR) is 122 cm³/mol. The number of hydrogen-bond acceptors (Lipinski definition) is 3. The second kappa shape index (κ2) is 8.58. The molecule has 0 fully saturated rings. The standard InChI is InChI=1S/C27H26O3/c1-3-19(16-18(2)21-15-14-20-8-4-5-9-22(20)17-21)27(29)30-26-13-7-10-23-24(26)11-6-12-25(23)28/h4-15,17-19,28H,3,16H2,1-2H3. The van der Waals surface area contributed by atoms with Crippen molar-refractivity contribution in [2.24, 2.45) is 5.92 Å². The van der Waals surface area contributed by atoms with E-state index in [-0.39, 0.29) is 23.6 Å². The van der Waals surface area contributed by atoms with Crippen LogP contribution >= 0.6 is 0 Å². The SMILES string of the molecule is CCC(CC(C)c1ccc2ccccc2c1)C(=O)Oc1cccc2c(O)cccc12. The van der Waals surface area contributed by atoms with Crippen LogP contribution in [0.4, 0.5) is 0 Å². The van der Waals surface area contributed by atoms with Crippen molar-refractivity contribution in [3.8, 4) is 11.5 Å². The number of phenolic OH excluding ortho intramolecular Hbond substituents is 1. The molecular weight excluding hydrogens is 372 g/mol. The van der Waals surface area contributed by atoms with Gasteiger partial charge in [0.05, 0.1) is 5.92 Å². The number of fused-ring (bicyclic) bond motifs is 2. The molecule has 1 N–H and O–H groups in total. The van der Waals surface area contributed by atoms with Crippen LogP contribution in [0, 0.1) is 5.92 Å². The maximum absolute atomic E-state index is 13.0. The summed E-state index contributed by atoms with van der Waals surface area (Å²) in [4.78, 5) is 13.0. The first-order chi connectivity index (χ1) is 14.6. The number of benzene rings is 4. The van der Waals surface area contributed by atoms with Gasteiger partial charge in [0.2, 0.25) is 0 Å².